The van der Waals surface area contributed by atoms with Crippen molar-refractivity contribution in [3.8, 4) is 28.3 Å². The number of fused-ring (bicyclic) bond motifs is 1. The highest BCUT2D eigenvalue weighted by atomic mass is 32.2. The predicted molar refractivity (Wildman–Crippen MR) is 154 cm³/mol. The van der Waals surface area contributed by atoms with Gasteiger partial charge in [0.05, 0.1) is 22.3 Å². The second-order valence-corrected chi connectivity index (χ2v) is 9.60. The van der Waals surface area contributed by atoms with E-state index in [0.717, 1.165) is 11.1 Å². The van der Waals surface area contributed by atoms with Gasteiger partial charge in [-0.2, -0.15) is 4.98 Å². The fourth-order valence-electron chi connectivity index (χ4n) is 4.25. The fraction of sp³-hybridized carbons (Fsp3) is 0.0323. The Bertz CT molecular complexity index is 1760. The summed E-state index contributed by atoms with van der Waals surface area (Å²) in [5, 5.41) is 3.70. The van der Waals surface area contributed by atoms with E-state index in [0.29, 0.717) is 33.2 Å². The molecule has 6 aromatic rings. The Morgan fingerprint density at radius 3 is 2.10 bits per heavy atom. The van der Waals surface area contributed by atoms with E-state index in [9.17, 15) is 9.59 Å². The SMILES string of the molecule is O=C(CSc1nc2ccccc2c(=O)n1-c1ccccc1)Nc1nc(-c2ccccc2)c(-c2ccccc2)o1. The number of amides is 1. The smallest absolute Gasteiger partial charge is 0.302 e. The van der Waals surface area contributed by atoms with Crippen molar-refractivity contribution in [3.05, 3.63) is 126 Å². The lowest BCUT2D eigenvalue weighted by Crippen LogP contribution is -2.23. The molecule has 190 valence electrons. The predicted octanol–water partition coefficient (Wildman–Crippen LogP) is 6.44. The second kappa shape index (κ2) is 10.8. The first-order valence-electron chi connectivity index (χ1n) is 12.3. The molecule has 7 nitrogen and oxygen atoms in total. The lowest BCUT2D eigenvalue weighted by Gasteiger charge is -2.12. The van der Waals surface area contributed by atoms with Crippen LogP contribution in [-0.2, 0) is 4.79 Å². The topological polar surface area (TPSA) is 90.0 Å². The number of hydrogen-bond acceptors (Lipinski definition) is 6. The van der Waals surface area contributed by atoms with Gasteiger partial charge in [0.25, 0.3) is 5.56 Å². The molecule has 0 aliphatic heterocycles. The maximum absolute atomic E-state index is 13.4. The summed E-state index contributed by atoms with van der Waals surface area (Å²) in [6.45, 7) is 0. The summed E-state index contributed by atoms with van der Waals surface area (Å²) >= 11 is 1.17. The van der Waals surface area contributed by atoms with Crippen LogP contribution in [0.25, 0.3) is 39.2 Å². The molecule has 0 spiro atoms. The van der Waals surface area contributed by atoms with Gasteiger partial charge >= 0.3 is 6.01 Å². The largest absolute Gasteiger partial charge is 0.423 e. The van der Waals surface area contributed by atoms with Crippen molar-refractivity contribution in [2.45, 2.75) is 5.16 Å². The van der Waals surface area contributed by atoms with Crippen molar-refractivity contribution in [1.82, 2.24) is 14.5 Å². The first-order chi connectivity index (χ1) is 19.2. The van der Waals surface area contributed by atoms with Crippen LogP contribution in [-0.4, -0.2) is 26.2 Å². The molecule has 0 bridgehead atoms. The van der Waals surface area contributed by atoms with Crippen LogP contribution < -0.4 is 10.9 Å². The molecule has 6 rings (SSSR count). The van der Waals surface area contributed by atoms with Crippen LogP contribution in [0, 0.1) is 0 Å². The maximum Gasteiger partial charge on any atom is 0.302 e. The van der Waals surface area contributed by atoms with Gasteiger partial charge in [-0.05, 0) is 24.3 Å². The van der Waals surface area contributed by atoms with Crippen LogP contribution in [0.5, 0.6) is 0 Å². The number of benzene rings is 4. The molecule has 0 atom stereocenters. The normalized spacial score (nSPS) is 11.0. The van der Waals surface area contributed by atoms with Crippen LogP contribution in [0.4, 0.5) is 6.01 Å². The Labute approximate surface area is 228 Å². The molecule has 0 saturated heterocycles. The van der Waals surface area contributed by atoms with Gasteiger partial charge < -0.3 is 4.42 Å². The van der Waals surface area contributed by atoms with E-state index in [2.05, 4.69) is 10.3 Å². The van der Waals surface area contributed by atoms with Gasteiger partial charge in [-0.15, -0.1) is 0 Å². The second-order valence-electron chi connectivity index (χ2n) is 8.65. The van der Waals surface area contributed by atoms with Crippen LogP contribution >= 0.6 is 11.8 Å². The van der Waals surface area contributed by atoms with Gasteiger partial charge in [-0.25, -0.2) is 4.98 Å². The summed E-state index contributed by atoms with van der Waals surface area (Å²) < 4.78 is 7.56. The minimum Gasteiger partial charge on any atom is -0.423 e. The monoisotopic (exact) mass is 530 g/mol. The van der Waals surface area contributed by atoms with Gasteiger partial charge in [0.1, 0.15) is 5.69 Å². The summed E-state index contributed by atoms with van der Waals surface area (Å²) in [5.41, 5.74) is 3.43. The number of carbonyl (C=O) groups excluding carboxylic acids is 1. The molecule has 0 aliphatic carbocycles. The minimum atomic E-state index is -0.331. The molecule has 0 aliphatic rings. The molecule has 8 heteroatoms. The van der Waals surface area contributed by atoms with E-state index in [-0.39, 0.29) is 23.2 Å². The van der Waals surface area contributed by atoms with Crippen molar-refractivity contribution >= 4 is 34.6 Å². The summed E-state index contributed by atoms with van der Waals surface area (Å²) in [6.07, 6.45) is 0. The maximum atomic E-state index is 13.4. The van der Waals surface area contributed by atoms with Crippen LogP contribution in [0.15, 0.2) is 130 Å². The Kier molecular flexibility index (Phi) is 6.76. The van der Waals surface area contributed by atoms with Gasteiger partial charge in [0, 0.05) is 11.1 Å². The quantitative estimate of drug-likeness (QED) is 0.189. The number of nitrogens with zero attached hydrogens (tertiary/aromatic N) is 3. The number of carbonyl (C=O) groups is 1. The highest BCUT2D eigenvalue weighted by molar-refractivity contribution is 7.99. The molecule has 0 saturated carbocycles. The first-order valence-corrected chi connectivity index (χ1v) is 13.3. The molecular weight excluding hydrogens is 508 g/mol. The highest BCUT2D eigenvalue weighted by Gasteiger charge is 2.19. The number of aromatic nitrogens is 3. The van der Waals surface area contributed by atoms with Crippen LogP contribution in [0.1, 0.15) is 0 Å². The number of thioether (sulfide) groups is 1. The average Bonchev–Trinajstić information content (AvgIpc) is 3.41. The molecule has 2 aromatic heterocycles. The molecule has 39 heavy (non-hydrogen) atoms. The Hall–Kier alpha value is -4.95. The number of nitrogens with one attached hydrogen (secondary N) is 1. The molecule has 4 aromatic carbocycles. The summed E-state index contributed by atoms with van der Waals surface area (Å²) in [7, 11) is 0. The van der Waals surface area contributed by atoms with E-state index in [1.54, 1.807) is 12.1 Å². The lowest BCUT2D eigenvalue weighted by atomic mass is 10.1. The third-order valence-electron chi connectivity index (χ3n) is 6.05. The van der Waals surface area contributed by atoms with Crippen LogP contribution in [0.2, 0.25) is 0 Å². The molecule has 2 heterocycles. The number of para-hydroxylation sites is 2. The fourth-order valence-corrected chi connectivity index (χ4v) is 5.06. The zero-order valence-corrected chi connectivity index (χ0v) is 21.5. The Morgan fingerprint density at radius 2 is 1.38 bits per heavy atom. The lowest BCUT2D eigenvalue weighted by molar-refractivity contribution is -0.113. The van der Waals surface area contributed by atoms with Crippen molar-refractivity contribution in [3.63, 3.8) is 0 Å². The molecule has 0 radical (unpaired) electrons. The molecule has 1 amide bonds. The zero-order chi connectivity index (χ0) is 26.6. The standard InChI is InChI=1S/C31H22N4O3S/c36-26(33-30-34-27(21-12-4-1-5-13-21)28(38-30)22-14-6-2-7-15-22)20-39-31-32-25-19-11-10-18-24(25)29(37)35(31)23-16-8-3-9-17-23/h1-19H,20H2,(H,33,34,36). The highest BCUT2D eigenvalue weighted by Crippen LogP contribution is 2.34. The third kappa shape index (κ3) is 5.10. The minimum absolute atomic E-state index is 0.00132. The zero-order valence-electron chi connectivity index (χ0n) is 20.7. The Morgan fingerprint density at radius 1 is 0.769 bits per heavy atom. The van der Waals surface area contributed by atoms with E-state index >= 15 is 0 Å². The number of oxazole rings is 1. The van der Waals surface area contributed by atoms with E-state index < -0.39 is 0 Å². The first kappa shape index (κ1) is 24.4. The van der Waals surface area contributed by atoms with Crippen LogP contribution in [0.3, 0.4) is 0 Å². The summed E-state index contributed by atoms with van der Waals surface area (Å²) in [6, 6.07) is 35.9. The van der Waals surface area contributed by atoms with Crippen molar-refractivity contribution in [2.24, 2.45) is 0 Å². The number of anilines is 1. The molecule has 1 N–H and O–H groups in total. The Balaban J connectivity index is 1.28. The van der Waals surface area contributed by atoms with E-state index in [1.807, 2.05) is 103 Å². The molecular formula is C31H22N4O3S. The number of hydrogen-bond donors (Lipinski definition) is 1. The molecule has 0 unspecified atom stereocenters. The summed E-state index contributed by atoms with van der Waals surface area (Å²) in [5.74, 6) is 0.239. The average molecular weight is 531 g/mol. The summed E-state index contributed by atoms with van der Waals surface area (Å²) in [4.78, 5) is 35.7. The van der Waals surface area contributed by atoms with Crippen molar-refractivity contribution in [2.75, 3.05) is 11.1 Å². The van der Waals surface area contributed by atoms with E-state index in [4.69, 9.17) is 9.40 Å². The van der Waals surface area contributed by atoms with Crippen molar-refractivity contribution < 1.29 is 9.21 Å². The van der Waals surface area contributed by atoms with Gasteiger partial charge in [-0.3, -0.25) is 19.5 Å². The number of rotatable bonds is 7. The van der Waals surface area contributed by atoms with Gasteiger partial charge in [-0.1, -0.05) is 103 Å². The molecule has 0 fully saturated rings. The van der Waals surface area contributed by atoms with Gasteiger partial charge in [0.2, 0.25) is 5.91 Å². The van der Waals surface area contributed by atoms with Crippen molar-refractivity contribution in [1.29, 1.82) is 0 Å². The third-order valence-corrected chi connectivity index (χ3v) is 6.99. The van der Waals surface area contributed by atoms with E-state index in [1.165, 1.54) is 16.3 Å². The van der Waals surface area contributed by atoms with Gasteiger partial charge in [0.15, 0.2) is 10.9 Å².